The van der Waals surface area contributed by atoms with E-state index < -0.39 is 0 Å². The fourth-order valence-electron chi connectivity index (χ4n) is 3.09. The van der Waals surface area contributed by atoms with Gasteiger partial charge in [0.1, 0.15) is 5.82 Å². The van der Waals surface area contributed by atoms with Gasteiger partial charge in [0.2, 0.25) is 0 Å². The van der Waals surface area contributed by atoms with Crippen LogP contribution < -0.4 is 5.32 Å². The lowest BCUT2D eigenvalue weighted by Gasteiger charge is -2.51. The molecule has 2 aromatic heterocycles. The van der Waals surface area contributed by atoms with E-state index in [1.165, 1.54) is 10.2 Å². The lowest BCUT2D eigenvalue weighted by molar-refractivity contribution is -0.109. The maximum absolute atomic E-state index is 6.11. The number of hydrogen-bond donors (Lipinski definition) is 1. The number of anilines is 1. The highest BCUT2D eigenvalue weighted by atomic mass is 16.5. The lowest BCUT2D eigenvalue weighted by atomic mass is 9.64. The molecule has 7 nitrogen and oxygen atoms in total. The Morgan fingerprint density at radius 2 is 2.04 bits per heavy atom. The molecule has 1 N–H and O–H groups in total. The Balaban J connectivity index is 1.37. The van der Waals surface area contributed by atoms with Crippen molar-refractivity contribution in [2.24, 2.45) is 5.41 Å². The molecule has 2 atom stereocenters. The van der Waals surface area contributed by atoms with E-state index in [9.17, 15) is 0 Å². The van der Waals surface area contributed by atoms with Gasteiger partial charge in [0.15, 0.2) is 5.65 Å². The van der Waals surface area contributed by atoms with Gasteiger partial charge in [-0.3, -0.25) is 0 Å². The van der Waals surface area contributed by atoms with E-state index in [0.29, 0.717) is 18.3 Å². The lowest BCUT2D eigenvalue weighted by Crippen LogP contribution is -2.58. The van der Waals surface area contributed by atoms with Crippen LogP contribution >= 0.6 is 0 Å². The van der Waals surface area contributed by atoms with Crippen LogP contribution in [0.2, 0.25) is 0 Å². The summed E-state index contributed by atoms with van der Waals surface area (Å²) in [6.07, 6.45) is 1.18. The third-order valence-corrected chi connectivity index (χ3v) is 4.86. The van der Waals surface area contributed by atoms with Gasteiger partial charge in [-0.2, -0.15) is 0 Å². The van der Waals surface area contributed by atoms with Gasteiger partial charge in [0.05, 0.1) is 12.7 Å². The second-order valence-corrected chi connectivity index (χ2v) is 6.78. The zero-order chi connectivity index (χ0) is 16.6. The van der Waals surface area contributed by atoms with E-state index in [2.05, 4.69) is 51.9 Å². The summed E-state index contributed by atoms with van der Waals surface area (Å²) in [6.45, 7) is 5.09. The van der Waals surface area contributed by atoms with Crippen LogP contribution in [0.1, 0.15) is 25.8 Å². The number of hydrogen-bond acceptors (Lipinski definition) is 6. The molecule has 1 fully saturated rings. The molecular formula is C17H20N6O. The van der Waals surface area contributed by atoms with Crippen molar-refractivity contribution in [3.63, 3.8) is 0 Å². The normalized spacial score (nSPS) is 22.2. The van der Waals surface area contributed by atoms with Crippen molar-refractivity contribution in [1.29, 1.82) is 0 Å². The van der Waals surface area contributed by atoms with Crippen molar-refractivity contribution in [2.45, 2.75) is 39.0 Å². The fraction of sp³-hybridized carbons (Fsp3) is 0.412. The largest absolute Gasteiger partial charge is 0.373 e. The molecule has 1 aliphatic rings. The molecular weight excluding hydrogens is 304 g/mol. The van der Waals surface area contributed by atoms with Crippen LogP contribution in [0.3, 0.4) is 0 Å². The molecule has 0 spiro atoms. The first-order valence-electron chi connectivity index (χ1n) is 8.10. The minimum atomic E-state index is 0.0338. The number of nitrogens with zero attached hydrogens (tertiary/aromatic N) is 5. The van der Waals surface area contributed by atoms with Crippen molar-refractivity contribution in [3.05, 3.63) is 48.0 Å². The summed E-state index contributed by atoms with van der Waals surface area (Å²) >= 11 is 0. The number of benzene rings is 1. The minimum absolute atomic E-state index is 0.0338. The summed E-state index contributed by atoms with van der Waals surface area (Å²) in [5.74, 6) is 0.773. The Morgan fingerprint density at radius 3 is 2.83 bits per heavy atom. The molecule has 3 aromatic rings. The zero-order valence-corrected chi connectivity index (χ0v) is 13.8. The van der Waals surface area contributed by atoms with Gasteiger partial charge in [-0.15, -0.1) is 14.8 Å². The van der Waals surface area contributed by atoms with Crippen LogP contribution in [0.5, 0.6) is 0 Å². The minimum Gasteiger partial charge on any atom is -0.373 e. The molecule has 0 amide bonds. The number of nitrogens with one attached hydrogen (secondary N) is 1. The van der Waals surface area contributed by atoms with Crippen LogP contribution in [0.25, 0.3) is 5.65 Å². The summed E-state index contributed by atoms with van der Waals surface area (Å²) in [7, 11) is 0. The quantitative estimate of drug-likeness (QED) is 0.776. The average molecular weight is 324 g/mol. The highest BCUT2D eigenvalue weighted by Crippen LogP contribution is 2.44. The summed E-state index contributed by atoms with van der Waals surface area (Å²) in [4.78, 5) is 0. The molecule has 124 valence electrons. The van der Waals surface area contributed by atoms with Crippen LogP contribution in [-0.2, 0) is 11.3 Å². The molecule has 2 heterocycles. The van der Waals surface area contributed by atoms with Gasteiger partial charge >= 0.3 is 0 Å². The van der Waals surface area contributed by atoms with Crippen LogP contribution in [0.4, 0.5) is 5.82 Å². The number of aromatic nitrogens is 5. The van der Waals surface area contributed by atoms with Crippen molar-refractivity contribution in [3.8, 4) is 0 Å². The topological polar surface area (TPSA) is 77.2 Å². The fourth-order valence-corrected chi connectivity index (χ4v) is 3.09. The average Bonchev–Trinajstić information content (AvgIpc) is 3.06. The number of tetrazole rings is 1. The molecule has 0 saturated heterocycles. The van der Waals surface area contributed by atoms with Crippen LogP contribution in [0.15, 0.2) is 42.5 Å². The van der Waals surface area contributed by atoms with Crippen LogP contribution in [-0.4, -0.2) is 37.4 Å². The first kappa shape index (κ1) is 15.0. The summed E-state index contributed by atoms with van der Waals surface area (Å²) in [5.41, 5.74) is 1.87. The standard InChI is InChI=1S/C17H20N6O/c1-17(2)13(10-14(17)24-11-12-6-4-3-5-7-12)18-15-8-9-16-19-21-22-23(16)20-15/h3-9,13-14H,10-11H2,1-2H3,(H,18,20). The van der Waals surface area contributed by atoms with Crippen molar-refractivity contribution in [1.82, 2.24) is 25.3 Å². The molecule has 7 heteroatoms. The van der Waals surface area contributed by atoms with E-state index >= 15 is 0 Å². The SMILES string of the molecule is CC1(C)C(Nc2ccc3nnnn3n2)CC1OCc1ccccc1. The molecule has 0 radical (unpaired) electrons. The van der Waals surface area contributed by atoms with Gasteiger partial charge in [-0.25, -0.2) is 0 Å². The van der Waals surface area contributed by atoms with Gasteiger partial charge in [-0.1, -0.05) is 44.2 Å². The number of rotatable bonds is 5. The van der Waals surface area contributed by atoms with Gasteiger partial charge in [-0.05, 0) is 34.5 Å². The van der Waals surface area contributed by atoms with Gasteiger partial charge in [0.25, 0.3) is 0 Å². The molecule has 0 aliphatic heterocycles. The maximum atomic E-state index is 6.11. The Kier molecular flexibility index (Phi) is 3.65. The third-order valence-electron chi connectivity index (χ3n) is 4.86. The molecule has 1 aliphatic carbocycles. The predicted octanol–water partition coefficient (Wildman–Crippen LogP) is 2.32. The van der Waals surface area contributed by atoms with Crippen molar-refractivity contribution >= 4 is 11.5 Å². The molecule has 24 heavy (non-hydrogen) atoms. The Bertz CT molecular complexity index is 831. The van der Waals surface area contributed by atoms with E-state index in [4.69, 9.17) is 4.74 Å². The van der Waals surface area contributed by atoms with E-state index in [0.717, 1.165) is 12.2 Å². The van der Waals surface area contributed by atoms with E-state index in [-0.39, 0.29) is 11.5 Å². The predicted molar refractivity (Wildman–Crippen MR) is 89.4 cm³/mol. The molecule has 2 unspecified atom stereocenters. The first-order chi connectivity index (χ1) is 11.6. The number of ether oxygens (including phenoxy) is 1. The second kappa shape index (κ2) is 5.83. The molecule has 1 saturated carbocycles. The highest BCUT2D eigenvalue weighted by Gasteiger charge is 2.49. The zero-order valence-electron chi connectivity index (χ0n) is 13.8. The molecule has 0 bridgehead atoms. The van der Waals surface area contributed by atoms with E-state index in [1.54, 1.807) is 0 Å². The van der Waals surface area contributed by atoms with Crippen LogP contribution in [0, 0.1) is 5.41 Å². The van der Waals surface area contributed by atoms with Gasteiger partial charge in [0, 0.05) is 11.5 Å². The van der Waals surface area contributed by atoms with Crippen molar-refractivity contribution < 1.29 is 4.74 Å². The van der Waals surface area contributed by atoms with E-state index in [1.807, 2.05) is 30.3 Å². The smallest absolute Gasteiger partial charge is 0.200 e. The Morgan fingerprint density at radius 1 is 1.21 bits per heavy atom. The van der Waals surface area contributed by atoms with Crippen molar-refractivity contribution in [2.75, 3.05) is 5.32 Å². The molecule has 4 rings (SSSR count). The monoisotopic (exact) mass is 324 g/mol. The Labute approximate surface area is 140 Å². The number of fused-ring (bicyclic) bond motifs is 1. The summed E-state index contributed by atoms with van der Waals surface area (Å²) < 4.78 is 7.54. The first-order valence-corrected chi connectivity index (χ1v) is 8.10. The maximum Gasteiger partial charge on any atom is 0.200 e. The highest BCUT2D eigenvalue weighted by molar-refractivity contribution is 5.43. The summed E-state index contributed by atoms with van der Waals surface area (Å²) in [6, 6.07) is 14.3. The van der Waals surface area contributed by atoms with Gasteiger partial charge < -0.3 is 10.1 Å². The third kappa shape index (κ3) is 2.71. The Hall–Kier alpha value is -2.54. The molecule has 1 aromatic carbocycles. The second-order valence-electron chi connectivity index (χ2n) is 6.78. The summed E-state index contributed by atoms with van der Waals surface area (Å²) in [5, 5.41) is 19.1.